The number of hydrogen-bond donors (Lipinski definition) is 2. The Hall–Kier alpha value is -1.84. The summed E-state index contributed by atoms with van der Waals surface area (Å²) >= 11 is 0. The molecule has 1 aromatic rings. The Morgan fingerprint density at radius 3 is 2.22 bits per heavy atom. The van der Waals surface area contributed by atoms with Crippen molar-refractivity contribution in [3.63, 3.8) is 0 Å². The molecule has 1 aromatic carbocycles. The van der Waals surface area contributed by atoms with E-state index in [2.05, 4.69) is 0 Å². The molecule has 0 aliphatic heterocycles. The summed E-state index contributed by atoms with van der Waals surface area (Å²) < 4.78 is 0. The van der Waals surface area contributed by atoms with Crippen molar-refractivity contribution in [1.82, 2.24) is 0 Å². The van der Waals surface area contributed by atoms with Crippen LogP contribution < -0.4 is 0 Å². The molecule has 4 heteroatoms. The minimum Gasteiger partial charge on any atom is -0.481 e. The lowest BCUT2D eigenvalue weighted by molar-refractivity contribution is -0.144. The molecule has 3 rings (SSSR count). The molecule has 4 nitrogen and oxygen atoms in total. The van der Waals surface area contributed by atoms with Crippen molar-refractivity contribution in [2.45, 2.75) is 18.3 Å². The van der Waals surface area contributed by atoms with E-state index >= 15 is 0 Å². The van der Waals surface area contributed by atoms with Gasteiger partial charge in [-0.25, -0.2) is 0 Å². The zero-order chi connectivity index (χ0) is 12.9. The molecule has 2 N–H and O–H groups in total. The van der Waals surface area contributed by atoms with Gasteiger partial charge in [0.1, 0.15) is 0 Å². The molecule has 4 unspecified atom stereocenters. The van der Waals surface area contributed by atoms with E-state index in [0.717, 1.165) is 5.56 Å². The molecule has 2 fully saturated rings. The minimum atomic E-state index is -0.870. The first-order valence-corrected chi connectivity index (χ1v) is 6.11. The third-order valence-corrected chi connectivity index (χ3v) is 4.60. The first-order chi connectivity index (χ1) is 8.60. The number of carboxylic acid groups (broad SMARTS) is 2. The molecular weight excluding hydrogens is 232 g/mol. The number of rotatable bonds is 3. The Kier molecular flexibility index (Phi) is 2.24. The normalized spacial score (nSPS) is 37.0. The second-order valence-electron chi connectivity index (χ2n) is 5.19. The summed E-state index contributed by atoms with van der Waals surface area (Å²) in [7, 11) is 0. The fourth-order valence-corrected chi connectivity index (χ4v) is 3.97. The standard InChI is InChI=1S/C14H14O4/c15-12(16)10-7-6-9-11(13(17)18)14(9,10)8-4-2-1-3-5-8/h1-5,9-11H,6-7H2,(H,15,16)(H,17,18). The summed E-state index contributed by atoms with van der Waals surface area (Å²) in [4.78, 5) is 22.7. The highest BCUT2D eigenvalue weighted by molar-refractivity contribution is 5.84. The summed E-state index contributed by atoms with van der Waals surface area (Å²) in [6.45, 7) is 0. The van der Waals surface area contributed by atoms with Gasteiger partial charge in [0, 0.05) is 5.41 Å². The van der Waals surface area contributed by atoms with Gasteiger partial charge in [0.25, 0.3) is 0 Å². The van der Waals surface area contributed by atoms with E-state index in [4.69, 9.17) is 0 Å². The number of aliphatic carboxylic acids is 2. The summed E-state index contributed by atoms with van der Waals surface area (Å²) in [5, 5.41) is 18.6. The highest BCUT2D eigenvalue weighted by Crippen LogP contribution is 2.71. The maximum Gasteiger partial charge on any atom is 0.307 e. The molecule has 0 radical (unpaired) electrons. The van der Waals surface area contributed by atoms with Crippen molar-refractivity contribution in [2.75, 3.05) is 0 Å². The highest BCUT2D eigenvalue weighted by atomic mass is 16.4. The fraction of sp³-hybridized carbons (Fsp3) is 0.429. The van der Waals surface area contributed by atoms with Crippen LogP contribution >= 0.6 is 0 Å². The van der Waals surface area contributed by atoms with Gasteiger partial charge in [-0.2, -0.15) is 0 Å². The summed E-state index contributed by atoms with van der Waals surface area (Å²) in [5.74, 6) is -2.85. The van der Waals surface area contributed by atoms with E-state index < -0.39 is 29.2 Å². The number of fused-ring (bicyclic) bond motifs is 1. The van der Waals surface area contributed by atoms with Crippen molar-refractivity contribution >= 4 is 11.9 Å². The Morgan fingerprint density at radius 1 is 1.06 bits per heavy atom. The Bertz CT molecular complexity index is 510. The van der Waals surface area contributed by atoms with Crippen LogP contribution in [0.5, 0.6) is 0 Å². The molecule has 0 saturated heterocycles. The van der Waals surface area contributed by atoms with Crippen molar-refractivity contribution < 1.29 is 19.8 Å². The van der Waals surface area contributed by atoms with Gasteiger partial charge in [-0.15, -0.1) is 0 Å². The molecule has 0 bridgehead atoms. The summed E-state index contributed by atoms with van der Waals surface area (Å²) in [5.41, 5.74) is 0.200. The van der Waals surface area contributed by atoms with Gasteiger partial charge < -0.3 is 10.2 Å². The van der Waals surface area contributed by atoms with Gasteiger partial charge >= 0.3 is 11.9 Å². The quantitative estimate of drug-likeness (QED) is 0.852. The Morgan fingerprint density at radius 2 is 1.72 bits per heavy atom. The number of benzene rings is 1. The van der Waals surface area contributed by atoms with E-state index in [-0.39, 0.29) is 5.92 Å². The third kappa shape index (κ3) is 1.20. The SMILES string of the molecule is O=C(O)C1CCC2C(C(=O)O)C12c1ccccc1. The van der Waals surface area contributed by atoms with Gasteiger partial charge in [-0.3, -0.25) is 9.59 Å². The first kappa shape index (κ1) is 11.3. The van der Waals surface area contributed by atoms with Gasteiger partial charge in [0.15, 0.2) is 0 Å². The van der Waals surface area contributed by atoms with Crippen molar-refractivity contribution in [2.24, 2.45) is 17.8 Å². The molecule has 4 atom stereocenters. The third-order valence-electron chi connectivity index (χ3n) is 4.60. The number of carboxylic acids is 2. The zero-order valence-electron chi connectivity index (χ0n) is 9.74. The molecule has 0 amide bonds. The van der Waals surface area contributed by atoms with Crippen LogP contribution in [0.3, 0.4) is 0 Å². The van der Waals surface area contributed by atoms with E-state index in [0.29, 0.717) is 12.8 Å². The predicted molar refractivity (Wildman–Crippen MR) is 63.1 cm³/mol. The van der Waals surface area contributed by atoms with Crippen LogP contribution in [-0.2, 0) is 15.0 Å². The maximum atomic E-state index is 11.4. The minimum absolute atomic E-state index is 0.0153. The highest BCUT2D eigenvalue weighted by Gasteiger charge is 2.76. The van der Waals surface area contributed by atoms with Crippen LogP contribution in [0, 0.1) is 17.8 Å². The van der Waals surface area contributed by atoms with Crippen LogP contribution in [0.4, 0.5) is 0 Å². The molecule has 2 aliphatic rings. The largest absolute Gasteiger partial charge is 0.481 e. The average molecular weight is 246 g/mol. The van der Waals surface area contributed by atoms with Crippen LogP contribution in [0.15, 0.2) is 30.3 Å². The van der Waals surface area contributed by atoms with E-state index in [1.54, 1.807) is 0 Å². The number of carbonyl (C=O) groups is 2. The monoisotopic (exact) mass is 246 g/mol. The Labute approximate surface area is 104 Å². The molecule has 2 saturated carbocycles. The van der Waals surface area contributed by atoms with Crippen LogP contribution in [0.1, 0.15) is 18.4 Å². The second-order valence-corrected chi connectivity index (χ2v) is 5.19. The topological polar surface area (TPSA) is 74.6 Å². The van der Waals surface area contributed by atoms with Crippen LogP contribution in [0.25, 0.3) is 0 Å². The summed E-state index contributed by atoms with van der Waals surface area (Å²) in [6, 6.07) is 9.26. The van der Waals surface area contributed by atoms with Gasteiger partial charge in [0.05, 0.1) is 11.8 Å². The van der Waals surface area contributed by atoms with Crippen LogP contribution in [0.2, 0.25) is 0 Å². The van der Waals surface area contributed by atoms with Gasteiger partial charge in [-0.1, -0.05) is 30.3 Å². The molecule has 0 spiro atoms. The molecule has 94 valence electrons. The smallest absolute Gasteiger partial charge is 0.307 e. The van der Waals surface area contributed by atoms with Gasteiger partial charge in [-0.05, 0) is 24.3 Å². The number of hydrogen-bond acceptors (Lipinski definition) is 2. The Balaban J connectivity index is 2.09. The molecule has 18 heavy (non-hydrogen) atoms. The predicted octanol–water partition coefficient (Wildman–Crippen LogP) is 1.75. The molecule has 0 aromatic heterocycles. The van der Waals surface area contributed by atoms with E-state index in [9.17, 15) is 19.8 Å². The van der Waals surface area contributed by atoms with E-state index in [1.807, 2.05) is 30.3 Å². The average Bonchev–Trinajstić information content (AvgIpc) is 2.87. The van der Waals surface area contributed by atoms with Crippen molar-refractivity contribution in [3.8, 4) is 0 Å². The lowest BCUT2D eigenvalue weighted by atomic mass is 9.81. The maximum absolute atomic E-state index is 11.4. The molecular formula is C14H14O4. The molecule has 2 aliphatic carbocycles. The second kappa shape index (κ2) is 3.57. The van der Waals surface area contributed by atoms with E-state index in [1.165, 1.54) is 0 Å². The zero-order valence-corrected chi connectivity index (χ0v) is 9.74. The van der Waals surface area contributed by atoms with Crippen molar-refractivity contribution in [3.05, 3.63) is 35.9 Å². The van der Waals surface area contributed by atoms with Crippen LogP contribution in [-0.4, -0.2) is 22.2 Å². The van der Waals surface area contributed by atoms with Crippen molar-refractivity contribution in [1.29, 1.82) is 0 Å². The summed E-state index contributed by atoms with van der Waals surface area (Å²) in [6.07, 6.45) is 1.28. The van der Waals surface area contributed by atoms with Gasteiger partial charge in [0.2, 0.25) is 0 Å². The fourth-order valence-electron chi connectivity index (χ4n) is 3.97. The lowest BCUT2D eigenvalue weighted by Crippen LogP contribution is -2.30. The molecule has 0 heterocycles. The lowest BCUT2D eigenvalue weighted by Gasteiger charge is -2.21. The first-order valence-electron chi connectivity index (χ1n) is 6.11.